The Balaban J connectivity index is 1.90. The Morgan fingerprint density at radius 1 is 1.08 bits per heavy atom. The van der Waals surface area contributed by atoms with Gasteiger partial charge in [0.2, 0.25) is 10.0 Å². The molecule has 1 aromatic rings. The molecule has 0 saturated carbocycles. The quantitative estimate of drug-likeness (QED) is 0.671. The van der Waals surface area contributed by atoms with E-state index in [9.17, 15) is 16.8 Å². The fourth-order valence-corrected chi connectivity index (χ4v) is 4.44. The second-order valence-corrected chi connectivity index (χ2v) is 10.5. The summed E-state index contributed by atoms with van der Waals surface area (Å²) in [5.41, 5.74) is 0.309. The molecular weight excluding hydrogens is 376 g/mol. The molecule has 148 valence electrons. The van der Waals surface area contributed by atoms with Gasteiger partial charge in [0, 0.05) is 26.3 Å². The maximum Gasteiger partial charge on any atom is 0.301 e. The van der Waals surface area contributed by atoms with Crippen LogP contribution in [-0.4, -0.2) is 66.8 Å². The van der Waals surface area contributed by atoms with Gasteiger partial charge in [0.15, 0.2) is 0 Å². The van der Waals surface area contributed by atoms with E-state index in [0.29, 0.717) is 18.2 Å². The van der Waals surface area contributed by atoms with Gasteiger partial charge in [0.05, 0.1) is 4.90 Å². The second kappa shape index (κ2) is 8.66. The minimum atomic E-state index is -3.62. The lowest BCUT2D eigenvalue weighted by molar-refractivity contribution is 0.213. The van der Waals surface area contributed by atoms with Gasteiger partial charge in [0.1, 0.15) is 0 Å². The highest BCUT2D eigenvalue weighted by atomic mass is 32.2. The van der Waals surface area contributed by atoms with Crippen LogP contribution in [0.25, 0.3) is 0 Å². The number of benzene rings is 1. The van der Waals surface area contributed by atoms with Crippen LogP contribution >= 0.6 is 0 Å². The predicted molar refractivity (Wildman–Crippen MR) is 103 cm³/mol. The molecule has 0 atom stereocenters. The molecule has 0 aromatic heterocycles. The van der Waals surface area contributed by atoms with E-state index in [0.717, 1.165) is 36.7 Å². The summed E-state index contributed by atoms with van der Waals surface area (Å²) in [6.07, 6.45) is 3.02. The molecule has 0 radical (unpaired) electrons. The van der Waals surface area contributed by atoms with E-state index >= 15 is 0 Å². The monoisotopic (exact) mass is 404 g/mol. The second-order valence-electron chi connectivity index (χ2n) is 6.85. The number of sulfonamides is 1. The first-order valence-corrected chi connectivity index (χ1v) is 11.5. The first-order chi connectivity index (χ1) is 12.1. The molecule has 0 amide bonds. The molecule has 1 saturated heterocycles. The number of likely N-dealkylation sites (tertiary alicyclic amines) is 1. The van der Waals surface area contributed by atoms with Crippen molar-refractivity contribution in [2.75, 3.05) is 45.5 Å². The van der Waals surface area contributed by atoms with Gasteiger partial charge in [-0.05, 0) is 69.6 Å². The molecule has 0 spiro atoms. The van der Waals surface area contributed by atoms with Gasteiger partial charge in [-0.2, -0.15) is 12.7 Å². The number of piperidine rings is 1. The van der Waals surface area contributed by atoms with Crippen LogP contribution in [0.3, 0.4) is 0 Å². The summed E-state index contributed by atoms with van der Waals surface area (Å²) in [7, 11) is -2.29. The lowest BCUT2D eigenvalue weighted by Gasteiger charge is -2.28. The van der Waals surface area contributed by atoms with E-state index in [-0.39, 0.29) is 4.90 Å². The van der Waals surface area contributed by atoms with Crippen molar-refractivity contribution < 1.29 is 16.8 Å². The van der Waals surface area contributed by atoms with E-state index in [2.05, 4.69) is 21.4 Å². The van der Waals surface area contributed by atoms with Crippen molar-refractivity contribution in [2.45, 2.75) is 24.2 Å². The fourth-order valence-electron chi connectivity index (χ4n) is 2.77. The summed E-state index contributed by atoms with van der Waals surface area (Å²) in [6, 6.07) is 5.66. The first-order valence-electron chi connectivity index (χ1n) is 8.59. The Labute approximate surface area is 156 Å². The Kier molecular flexibility index (Phi) is 7.03. The summed E-state index contributed by atoms with van der Waals surface area (Å²) in [4.78, 5) is 2.40. The molecule has 1 heterocycles. The molecule has 26 heavy (non-hydrogen) atoms. The van der Waals surface area contributed by atoms with Crippen molar-refractivity contribution in [3.63, 3.8) is 0 Å². The predicted octanol–water partition coefficient (Wildman–Crippen LogP) is 0.915. The summed E-state index contributed by atoms with van der Waals surface area (Å²) in [5, 5.41) is 0. The Bertz CT molecular complexity index is 784. The Hall–Kier alpha value is -1.20. The van der Waals surface area contributed by atoms with Gasteiger partial charge in [-0.3, -0.25) is 4.72 Å². The minimum absolute atomic E-state index is 0.119. The third kappa shape index (κ3) is 5.92. The molecule has 0 bridgehead atoms. The van der Waals surface area contributed by atoms with Crippen LogP contribution in [0.4, 0.5) is 5.69 Å². The van der Waals surface area contributed by atoms with Crippen molar-refractivity contribution in [3.05, 3.63) is 24.3 Å². The average molecular weight is 405 g/mol. The summed E-state index contributed by atoms with van der Waals surface area (Å²) >= 11 is 0. The number of nitrogens with zero attached hydrogens (tertiary/aromatic N) is 2. The van der Waals surface area contributed by atoms with Crippen molar-refractivity contribution in [3.8, 4) is 0 Å². The van der Waals surface area contributed by atoms with Crippen LogP contribution in [0.1, 0.15) is 19.3 Å². The van der Waals surface area contributed by atoms with Gasteiger partial charge in [-0.15, -0.1) is 0 Å². The maximum absolute atomic E-state index is 12.4. The van der Waals surface area contributed by atoms with Crippen molar-refractivity contribution in [2.24, 2.45) is 5.92 Å². The highest BCUT2D eigenvalue weighted by Crippen LogP contribution is 2.20. The highest BCUT2D eigenvalue weighted by molar-refractivity contribution is 7.90. The van der Waals surface area contributed by atoms with Gasteiger partial charge >= 0.3 is 10.2 Å². The third-order valence-corrected chi connectivity index (χ3v) is 7.51. The summed E-state index contributed by atoms with van der Waals surface area (Å²) < 4.78 is 54.3. The zero-order chi connectivity index (χ0) is 19.4. The standard InChI is InChI=1S/C16H28N4O4S2/c1-19(2)26(23,24)18-15-4-6-16(7-5-15)25(21,22)17-11-8-14-9-12-20(3)13-10-14/h4-7,14,17-18H,8-13H2,1-3H3. The van der Waals surface area contributed by atoms with E-state index in [1.807, 2.05) is 0 Å². The normalized spacial score (nSPS) is 17.5. The van der Waals surface area contributed by atoms with Crippen molar-refractivity contribution in [1.82, 2.24) is 13.9 Å². The van der Waals surface area contributed by atoms with Crippen LogP contribution in [0.15, 0.2) is 29.2 Å². The van der Waals surface area contributed by atoms with Crippen LogP contribution in [0.2, 0.25) is 0 Å². The number of rotatable bonds is 8. The molecule has 10 heteroatoms. The zero-order valence-corrected chi connectivity index (χ0v) is 17.1. The number of nitrogens with one attached hydrogen (secondary N) is 2. The van der Waals surface area contributed by atoms with Gasteiger partial charge < -0.3 is 4.90 Å². The van der Waals surface area contributed by atoms with Crippen LogP contribution in [0.5, 0.6) is 0 Å². The van der Waals surface area contributed by atoms with E-state index in [1.165, 1.54) is 38.4 Å². The van der Waals surface area contributed by atoms with E-state index in [1.54, 1.807) is 0 Å². The Morgan fingerprint density at radius 3 is 2.19 bits per heavy atom. The Morgan fingerprint density at radius 2 is 1.65 bits per heavy atom. The van der Waals surface area contributed by atoms with E-state index < -0.39 is 20.2 Å². The SMILES string of the molecule is CN1CCC(CCNS(=O)(=O)c2ccc(NS(=O)(=O)N(C)C)cc2)CC1. The molecular formula is C16H28N4O4S2. The van der Waals surface area contributed by atoms with Crippen molar-refractivity contribution >= 4 is 25.9 Å². The largest absolute Gasteiger partial charge is 0.306 e. The molecule has 0 unspecified atom stereocenters. The average Bonchev–Trinajstić information content (AvgIpc) is 2.56. The molecule has 1 aliphatic heterocycles. The highest BCUT2D eigenvalue weighted by Gasteiger charge is 2.19. The molecule has 0 aliphatic carbocycles. The van der Waals surface area contributed by atoms with Crippen LogP contribution in [0, 0.1) is 5.92 Å². The first kappa shape index (κ1) is 21.1. The van der Waals surface area contributed by atoms with Crippen LogP contribution < -0.4 is 9.44 Å². The van der Waals surface area contributed by atoms with Crippen LogP contribution in [-0.2, 0) is 20.2 Å². The third-order valence-electron chi connectivity index (χ3n) is 4.57. The molecule has 1 aromatic carbocycles. The molecule has 1 aliphatic rings. The maximum atomic E-state index is 12.4. The zero-order valence-electron chi connectivity index (χ0n) is 15.5. The smallest absolute Gasteiger partial charge is 0.301 e. The number of anilines is 1. The van der Waals surface area contributed by atoms with Crippen molar-refractivity contribution in [1.29, 1.82) is 0 Å². The van der Waals surface area contributed by atoms with Gasteiger partial charge in [-0.1, -0.05) is 0 Å². The number of hydrogen-bond donors (Lipinski definition) is 2. The van der Waals surface area contributed by atoms with Gasteiger partial charge in [0.25, 0.3) is 0 Å². The molecule has 2 N–H and O–H groups in total. The molecule has 2 rings (SSSR count). The molecule has 1 fully saturated rings. The summed E-state index contributed by atoms with van der Waals surface area (Å²) in [5.74, 6) is 0.553. The fraction of sp³-hybridized carbons (Fsp3) is 0.625. The van der Waals surface area contributed by atoms with E-state index in [4.69, 9.17) is 0 Å². The minimum Gasteiger partial charge on any atom is -0.306 e. The molecule has 8 nitrogen and oxygen atoms in total. The summed E-state index contributed by atoms with van der Waals surface area (Å²) in [6.45, 7) is 2.52. The topological polar surface area (TPSA) is 98.8 Å². The number of hydrogen-bond acceptors (Lipinski definition) is 5. The lowest BCUT2D eigenvalue weighted by atomic mass is 9.94. The van der Waals surface area contributed by atoms with Gasteiger partial charge in [-0.25, -0.2) is 13.1 Å². The lowest BCUT2D eigenvalue weighted by Crippen LogP contribution is -2.32.